The lowest BCUT2D eigenvalue weighted by Crippen LogP contribution is -2.41. The molecule has 0 atom stereocenters. The Labute approximate surface area is 102 Å². The first-order valence-corrected chi connectivity index (χ1v) is 6.51. The van der Waals surface area contributed by atoms with Gasteiger partial charge in [0.25, 0.3) is 0 Å². The van der Waals surface area contributed by atoms with E-state index in [-0.39, 0.29) is 0 Å². The molecule has 0 saturated carbocycles. The maximum absolute atomic E-state index is 12.4. The molecule has 1 heterocycles. The minimum absolute atomic E-state index is 0.426. The Hall–Kier alpha value is -0.290. The molecule has 1 saturated heterocycles. The Balaban J connectivity index is 2.38. The van der Waals surface area contributed by atoms with Crippen LogP contribution < -0.4 is 5.32 Å². The van der Waals surface area contributed by atoms with E-state index in [0.29, 0.717) is 19.0 Å². The van der Waals surface area contributed by atoms with Gasteiger partial charge in [0, 0.05) is 6.54 Å². The third-order valence-corrected chi connectivity index (χ3v) is 3.21. The van der Waals surface area contributed by atoms with Crippen LogP contribution in [0.15, 0.2) is 0 Å². The third-order valence-electron chi connectivity index (χ3n) is 3.21. The van der Waals surface area contributed by atoms with Crippen LogP contribution in [-0.2, 0) is 0 Å². The van der Waals surface area contributed by atoms with Gasteiger partial charge in [-0.3, -0.25) is 4.90 Å². The second kappa shape index (κ2) is 7.21. The molecule has 1 rings (SSSR count). The van der Waals surface area contributed by atoms with Crippen molar-refractivity contribution in [2.75, 3.05) is 32.7 Å². The number of alkyl halides is 3. The Bertz CT molecular complexity index is 200. The molecule has 0 aromatic rings. The van der Waals surface area contributed by atoms with Gasteiger partial charge in [-0.1, -0.05) is 13.3 Å². The van der Waals surface area contributed by atoms with E-state index in [9.17, 15) is 13.2 Å². The zero-order chi connectivity index (χ0) is 12.7. The molecule has 1 aliphatic rings. The predicted octanol–water partition coefficient (Wildman–Crippen LogP) is 2.65. The number of nitrogens with zero attached hydrogens (tertiary/aromatic N) is 1. The van der Waals surface area contributed by atoms with Crippen LogP contribution in [0.3, 0.4) is 0 Å². The lowest BCUT2D eigenvalue weighted by atomic mass is 9.97. The van der Waals surface area contributed by atoms with E-state index >= 15 is 0 Å². The van der Waals surface area contributed by atoms with Crippen molar-refractivity contribution in [3.8, 4) is 0 Å². The van der Waals surface area contributed by atoms with Crippen LogP contribution in [0.1, 0.15) is 32.6 Å². The molecule has 0 unspecified atom stereocenters. The summed E-state index contributed by atoms with van der Waals surface area (Å²) >= 11 is 0. The van der Waals surface area contributed by atoms with Gasteiger partial charge < -0.3 is 5.32 Å². The summed E-state index contributed by atoms with van der Waals surface area (Å²) in [5, 5.41) is 3.24. The van der Waals surface area contributed by atoms with Gasteiger partial charge >= 0.3 is 6.18 Å². The number of halogens is 3. The number of unbranched alkanes of at least 4 members (excludes halogenated alkanes) is 1. The third kappa shape index (κ3) is 6.88. The van der Waals surface area contributed by atoms with Crippen molar-refractivity contribution in [1.29, 1.82) is 0 Å². The van der Waals surface area contributed by atoms with Crippen molar-refractivity contribution in [2.45, 2.75) is 38.8 Å². The molecule has 0 amide bonds. The first-order valence-electron chi connectivity index (χ1n) is 6.51. The van der Waals surface area contributed by atoms with Crippen LogP contribution >= 0.6 is 0 Å². The van der Waals surface area contributed by atoms with Crippen LogP contribution in [0.4, 0.5) is 13.2 Å². The zero-order valence-corrected chi connectivity index (χ0v) is 10.5. The highest BCUT2D eigenvalue weighted by Gasteiger charge is 2.31. The van der Waals surface area contributed by atoms with E-state index in [1.807, 2.05) is 6.92 Å². The average molecular weight is 252 g/mol. The van der Waals surface area contributed by atoms with Crippen molar-refractivity contribution < 1.29 is 13.2 Å². The van der Waals surface area contributed by atoms with Crippen LogP contribution in [0.5, 0.6) is 0 Å². The SMILES string of the molecule is CCCCN(CC1CCNCC1)CC(F)(F)F. The van der Waals surface area contributed by atoms with Crippen molar-refractivity contribution >= 4 is 0 Å². The molecule has 5 heteroatoms. The fourth-order valence-electron chi connectivity index (χ4n) is 2.30. The van der Waals surface area contributed by atoms with Crippen molar-refractivity contribution in [1.82, 2.24) is 10.2 Å². The second-order valence-corrected chi connectivity index (χ2v) is 4.90. The van der Waals surface area contributed by atoms with Gasteiger partial charge in [0.05, 0.1) is 6.54 Å². The van der Waals surface area contributed by atoms with Crippen molar-refractivity contribution in [3.63, 3.8) is 0 Å². The van der Waals surface area contributed by atoms with E-state index < -0.39 is 12.7 Å². The first-order chi connectivity index (χ1) is 8.01. The van der Waals surface area contributed by atoms with Gasteiger partial charge in [0.15, 0.2) is 0 Å². The lowest BCUT2D eigenvalue weighted by Gasteiger charge is -2.30. The van der Waals surface area contributed by atoms with Crippen molar-refractivity contribution in [2.24, 2.45) is 5.92 Å². The summed E-state index contributed by atoms with van der Waals surface area (Å²) < 4.78 is 37.3. The molecule has 1 fully saturated rings. The summed E-state index contributed by atoms with van der Waals surface area (Å²) in [6, 6.07) is 0. The average Bonchev–Trinajstić information content (AvgIpc) is 2.25. The fraction of sp³-hybridized carbons (Fsp3) is 1.00. The summed E-state index contributed by atoms with van der Waals surface area (Å²) in [5.74, 6) is 0.426. The number of nitrogens with one attached hydrogen (secondary N) is 1. The maximum Gasteiger partial charge on any atom is 0.401 e. The molecule has 0 aliphatic carbocycles. The van der Waals surface area contributed by atoms with E-state index in [1.54, 1.807) is 4.90 Å². The summed E-state index contributed by atoms with van der Waals surface area (Å²) in [6.07, 6.45) is -0.275. The first kappa shape index (κ1) is 14.8. The van der Waals surface area contributed by atoms with E-state index in [4.69, 9.17) is 0 Å². The van der Waals surface area contributed by atoms with E-state index in [2.05, 4.69) is 5.32 Å². The van der Waals surface area contributed by atoms with E-state index in [0.717, 1.165) is 38.8 Å². The highest BCUT2D eigenvalue weighted by molar-refractivity contribution is 4.74. The van der Waals surface area contributed by atoms with E-state index in [1.165, 1.54) is 0 Å². The molecule has 0 aromatic heterocycles. The Morgan fingerprint density at radius 3 is 2.41 bits per heavy atom. The topological polar surface area (TPSA) is 15.3 Å². The van der Waals surface area contributed by atoms with Gasteiger partial charge in [-0.25, -0.2) is 0 Å². The molecule has 1 N–H and O–H groups in total. The van der Waals surface area contributed by atoms with Gasteiger partial charge in [0.1, 0.15) is 0 Å². The predicted molar refractivity (Wildman–Crippen MR) is 63.0 cm³/mol. The smallest absolute Gasteiger partial charge is 0.317 e. The highest BCUT2D eigenvalue weighted by atomic mass is 19.4. The Kier molecular flexibility index (Phi) is 6.27. The second-order valence-electron chi connectivity index (χ2n) is 4.90. The molecule has 0 radical (unpaired) electrons. The van der Waals surface area contributed by atoms with Crippen LogP contribution in [0.25, 0.3) is 0 Å². The van der Waals surface area contributed by atoms with Crippen LogP contribution in [-0.4, -0.2) is 43.8 Å². The molecular weight excluding hydrogens is 229 g/mol. The minimum atomic E-state index is -4.07. The molecule has 0 aromatic carbocycles. The largest absolute Gasteiger partial charge is 0.401 e. The van der Waals surface area contributed by atoms with Gasteiger partial charge in [-0.15, -0.1) is 0 Å². The molecular formula is C12H23F3N2. The molecule has 0 spiro atoms. The monoisotopic (exact) mass is 252 g/mol. The number of piperidine rings is 1. The lowest BCUT2D eigenvalue weighted by molar-refractivity contribution is -0.147. The standard InChI is InChI=1S/C12H23F3N2/c1-2-3-8-17(10-12(13,14)15)9-11-4-6-16-7-5-11/h11,16H,2-10H2,1H3. The normalized spacial score (nSPS) is 18.9. The number of hydrogen-bond donors (Lipinski definition) is 1. The van der Waals surface area contributed by atoms with Crippen molar-refractivity contribution in [3.05, 3.63) is 0 Å². The number of rotatable bonds is 6. The summed E-state index contributed by atoms with van der Waals surface area (Å²) in [7, 11) is 0. The Morgan fingerprint density at radius 1 is 1.24 bits per heavy atom. The van der Waals surface area contributed by atoms with Gasteiger partial charge in [-0.2, -0.15) is 13.2 Å². The Morgan fingerprint density at radius 2 is 1.88 bits per heavy atom. The fourth-order valence-corrected chi connectivity index (χ4v) is 2.30. The molecule has 102 valence electrons. The van der Waals surface area contributed by atoms with Crippen LogP contribution in [0.2, 0.25) is 0 Å². The zero-order valence-electron chi connectivity index (χ0n) is 10.5. The van der Waals surface area contributed by atoms with Gasteiger partial charge in [0.2, 0.25) is 0 Å². The number of hydrogen-bond acceptors (Lipinski definition) is 2. The summed E-state index contributed by atoms with van der Waals surface area (Å²) in [5.41, 5.74) is 0. The quantitative estimate of drug-likeness (QED) is 0.782. The summed E-state index contributed by atoms with van der Waals surface area (Å²) in [4.78, 5) is 1.58. The highest BCUT2D eigenvalue weighted by Crippen LogP contribution is 2.20. The minimum Gasteiger partial charge on any atom is -0.317 e. The van der Waals surface area contributed by atoms with Crippen LogP contribution in [0, 0.1) is 5.92 Å². The molecule has 2 nitrogen and oxygen atoms in total. The molecule has 1 aliphatic heterocycles. The molecule has 17 heavy (non-hydrogen) atoms. The molecule has 0 bridgehead atoms. The summed E-state index contributed by atoms with van der Waals surface area (Å²) in [6.45, 7) is 4.31. The maximum atomic E-state index is 12.4. The van der Waals surface area contributed by atoms with Gasteiger partial charge in [-0.05, 0) is 44.8 Å².